The van der Waals surface area contributed by atoms with Gasteiger partial charge in [-0.15, -0.1) is 0 Å². The van der Waals surface area contributed by atoms with Crippen molar-refractivity contribution >= 4 is 23.2 Å². The molecule has 1 rings (SSSR count). The molecule has 2 N–H and O–H groups in total. The van der Waals surface area contributed by atoms with Gasteiger partial charge in [0.1, 0.15) is 6.17 Å². The Balaban J connectivity index is 2.83. The Morgan fingerprint density at radius 1 is 1.24 bits per heavy atom. The van der Waals surface area contributed by atoms with E-state index >= 15 is 0 Å². The minimum atomic E-state index is -1.02. The molecule has 0 radical (unpaired) electrons. The maximum absolute atomic E-state index is 14.2. The molecule has 0 aliphatic heterocycles. The molecule has 0 heterocycles. The van der Waals surface area contributed by atoms with Gasteiger partial charge >= 0.3 is 0 Å². The topological polar surface area (TPSA) is 26.0 Å². The van der Waals surface area contributed by atoms with Gasteiger partial charge in [0.05, 0.1) is 0 Å². The highest BCUT2D eigenvalue weighted by molar-refractivity contribution is 6.35. The molecule has 0 spiro atoms. The van der Waals surface area contributed by atoms with Gasteiger partial charge in [-0.05, 0) is 30.2 Å². The molecular formula is C13H18Cl2FN. The fraction of sp³-hybridized carbons (Fsp3) is 0.538. The molecule has 0 aliphatic rings. The maximum atomic E-state index is 14.2. The highest BCUT2D eigenvalue weighted by Gasteiger charge is 2.24. The van der Waals surface area contributed by atoms with E-state index in [9.17, 15) is 4.39 Å². The average molecular weight is 278 g/mol. The molecule has 0 aliphatic carbocycles. The van der Waals surface area contributed by atoms with Crippen LogP contribution in [0.4, 0.5) is 4.39 Å². The van der Waals surface area contributed by atoms with Crippen LogP contribution in [0.2, 0.25) is 10.0 Å². The highest BCUT2D eigenvalue weighted by Crippen LogP contribution is 2.29. The molecule has 2 atom stereocenters. The quantitative estimate of drug-likeness (QED) is 0.862. The van der Waals surface area contributed by atoms with Gasteiger partial charge in [-0.2, -0.15) is 0 Å². The van der Waals surface area contributed by atoms with Gasteiger partial charge < -0.3 is 5.73 Å². The van der Waals surface area contributed by atoms with Crippen LogP contribution in [0.15, 0.2) is 18.2 Å². The molecule has 0 amide bonds. The molecule has 0 saturated heterocycles. The van der Waals surface area contributed by atoms with E-state index in [0.717, 1.165) is 0 Å². The molecule has 1 nitrogen and oxygen atoms in total. The first-order valence-electron chi connectivity index (χ1n) is 5.74. The Morgan fingerprint density at radius 3 is 2.18 bits per heavy atom. The van der Waals surface area contributed by atoms with Crippen molar-refractivity contribution in [3.8, 4) is 0 Å². The van der Waals surface area contributed by atoms with Gasteiger partial charge in [0, 0.05) is 22.4 Å². The van der Waals surface area contributed by atoms with Crippen molar-refractivity contribution in [1.29, 1.82) is 0 Å². The molecule has 1 aromatic rings. The lowest BCUT2D eigenvalue weighted by atomic mass is 9.88. The minimum absolute atomic E-state index is 0.165. The molecule has 0 fully saturated rings. The summed E-state index contributed by atoms with van der Waals surface area (Å²) in [6, 6.07) is 5.20. The predicted molar refractivity (Wildman–Crippen MR) is 72.4 cm³/mol. The Kier molecular flexibility index (Phi) is 5.71. The first-order valence-corrected chi connectivity index (χ1v) is 6.50. The third-order valence-electron chi connectivity index (χ3n) is 3.05. The van der Waals surface area contributed by atoms with Crippen molar-refractivity contribution in [2.24, 2.45) is 17.6 Å². The van der Waals surface area contributed by atoms with Crippen LogP contribution < -0.4 is 5.73 Å². The van der Waals surface area contributed by atoms with E-state index in [2.05, 4.69) is 0 Å². The number of hydrogen-bond donors (Lipinski definition) is 1. The van der Waals surface area contributed by atoms with Gasteiger partial charge in [-0.1, -0.05) is 43.1 Å². The van der Waals surface area contributed by atoms with E-state index in [1.807, 2.05) is 13.8 Å². The third-order valence-corrected chi connectivity index (χ3v) is 3.76. The van der Waals surface area contributed by atoms with E-state index in [1.165, 1.54) is 0 Å². The fourth-order valence-corrected chi connectivity index (χ4v) is 2.46. The number of alkyl halides is 1. The highest BCUT2D eigenvalue weighted by atomic mass is 35.5. The summed E-state index contributed by atoms with van der Waals surface area (Å²) in [5.41, 5.74) is 6.27. The molecule has 2 unspecified atom stereocenters. The molecule has 0 bridgehead atoms. The molecule has 17 heavy (non-hydrogen) atoms. The SMILES string of the molecule is CC(C)C(CN)C(F)Cc1c(Cl)cccc1Cl. The summed E-state index contributed by atoms with van der Waals surface area (Å²) in [6.45, 7) is 4.28. The smallest absolute Gasteiger partial charge is 0.108 e. The normalized spacial score (nSPS) is 15.0. The monoisotopic (exact) mass is 277 g/mol. The molecule has 0 aromatic heterocycles. The van der Waals surface area contributed by atoms with Crippen LogP contribution in [0.25, 0.3) is 0 Å². The maximum Gasteiger partial charge on any atom is 0.108 e. The second kappa shape index (κ2) is 6.58. The number of rotatable bonds is 5. The predicted octanol–water partition coefficient (Wildman–Crippen LogP) is 4.10. The van der Waals surface area contributed by atoms with E-state index < -0.39 is 6.17 Å². The van der Waals surface area contributed by atoms with E-state index in [0.29, 0.717) is 22.2 Å². The average Bonchev–Trinajstić information content (AvgIpc) is 2.24. The van der Waals surface area contributed by atoms with Crippen molar-refractivity contribution in [3.63, 3.8) is 0 Å². The number of halogens is 3. The molecular weight excluding hydrogens is 260 g/mol. The molecule has 1 aromatic carbocycles. The van der Waals surface area contributed by atoms with Crippen LogP contribution in [0.3, 0.4) is 0 Å². The molecule has 4 heteroatoms. The Morgan fingerprint density at radius 2 is 1.76 bits per heavy atom. The zero-order chi connectivity index (χ0) is 13.0. The van der Waals surface area contributed by atoms with E-state index in [1.54, 1.807) is 18.2 Å². The summed E-state index contributed by atoms with van der Waals surface area (Å²) < 4.78 is 14.2. The zero-order valence-electron chi connectivity index (χ0n) is 10.1. The van der Waals surface area contributed by atoms with Gasteiger partial charge in [0.2, 0.25) is 0 Å². The summed E-state index contributed by atoms with van der Waals surface area (Å²) in [4.78, 5) is 0. The van der Waals surface area contributed by atoms with Gasteiger partial charge in [0.25, 0.3) is 0 Å². The number of hydrogen-bond acceptors (Lipinski definition) is 1. The molecule has 96 valence electrons. The second-order valence-electron chi connectivity index (χ2n) is 4.56. The van der Waals surface area contributed by atoms with Gasteiger partial charge in [0.15, 0.2) is 0 Å². The third kappa shape index (κ3) is 3.84. The van der Waals surface area contributed by atoms with Crippen molar-refractivity contribution in [2.45, 2.75) is 26.4 Å². The van der Waals surface area contributed by atoms with Gasteiger partial charge in [-0.25, -0.2) is 4.39 Å². The summed E-state index contributed by atoms with van der Waals surface area (Å²) in [5.74, 6) is 0.0404. The Labute approximate surface area is 112 Å². The van der Waals surface area contributed by atoms with Crippen molar-refractivity contribution in [1.82, 2.24) is 0 Å². The van der Waals surface area contributed by atoms with Crippen molar-refractivity contribution in [3.05, 3.63) is 33.8 Å². The first-order chi connectivity index (χ1) is 7.97. The second-order valence-corrected chi connectivity index (χ2v) is 5.38. The zero-order valence-corrected chi connectivity index (χ0v) is 11.6. The van der Waals surface area contributed by atoms with Gasteiger partial charge in [-0.3, -0.25) is 0 Å². The summed E-state index contributed by atoms with van der Waals surface area (Å²) >= 11 is 12.0. The lowest BCUT2D eigenvalue weighted by Gasteiger charge is -2.23. The van der Waals surface area contributed by atoms with Crippen LogP contribution in [0.5, 0.6) is 0 Å². The van der Waals surface area contributed by atoms with Crippen molar-refractivity contribution in [2.75, 3.05) is 6.54 Å². The summed E-state index contributed by atoms with van der Waals surface area (Å²) in [7, 11) is 0. The minimum Gasteiger partial charge on any atom is -0.330 e. The lowest BCUT2D eigenvalue weighted by molar-refractivity contribution is 0.185. The van der Waals surface area contributed by atoms with Crippen LogP contribution in [-0.2, 0) is 6.42 Å². The standard InChI is InChI=1S/C13H18Cl2FN/c1-8(2)10(7-17)13(16)6-9-11(14)4-3-5-12(9)15/h3-5,8,10,13H,6-7,17H2,1-2H3. The number of nitrogens with two attached hydrogens (primary N) is 1. The van der Waals surface area contributed by atoms with Crippen LogP contribution in [0.1, 0.15) is 19.4 Å². The Bertz CT molecular complexity index is 348. The lowest BCUT2D eigenvalue weighted by Crippen LogP contribution is -2.30. The molecule has 0 saturated carbocycles. The van der Waals surface area contributed by atoms with E-state index in [-0.39, 0.29) is 18.3 Å². The fourth-order valence-electron chi connectivity index (χ4n) is 1.91. The van der Waals surface area contributed by atoms with Crippen LogP contribution in [-0.4, -0.2) is 12.7 Å². The Hall–Kier alpha value is -0.310. The van der Waals surface area contributed by atoms with Crippen LogP contribution in [0, 0.1) is 11.8 Å². The van der Waals surface area contributed by atoms with Crippen molar-refractivity contribution < 1.29 is 4.39 Å². The first kappa shape index (κ1) is 14.7. The van der Waals surface area contributed by atoms with E-state index in [4.69, 9.17) is 28.9 Å². The summed E-state index contributed by atoms with van der Waals surface area (Å²) in [5, 5.41) is 1.03. The largest absolute Gasteiger partial charge is 0.330 e. The number of benzene rings is 1. The summed E-state index contributed by atoms with van der Waals surface area (Å²) in [6.07, 6.45) is -0.796. The van der Waals surface area contributed by atoms with Crippen LogP contribution >= 0.6 is 23.2 Å².